The van der Waals surface area contributed by atoms with Gasteiger partial charge < -0.3 is 4.74 Å². The van der Waals surface area contributed by atoms with Crippen molar-refractivity contribution in [1.82, 2.24) is 9.78 Å². The number of hydrogen-bond acceptors (Lipinski definition) is 5. The van der Waals surface area contributed by atoms with Crippen molar-refractivity contribution >= 4 is 30.4 Å². The average molecular weight is 349 g/mol. The molecule has 2 aromatic rings. The minimum absolute atomic E-state index is 0.0266. The van der Waals surface area contributed by atoms with Crippen LogP contribution in [0, 0.1) is 10.1 Å². The van der Waals surface area contributed by atoms with Crippen molar-refractivity contribution in [2.75, 3.05) is 6.61 Å². The van der Waals surface area contributed by atoms with Gasteiger partial charge in [-0.3, -0.25) is 14.9 Å². The lowest BCUT2D eigenvalue weighted by molar-refractivity contribution is -0.384. The molecule has 2 rings (SSSR count). The molecular weight excluding hydrogens is 326 g/mol. The number of carbonyl (C=O) groups excluding carboxylic acids is 1. The zero-order chi connectivity index (χ0) is 17.9. The topological polar surface area (TPSA) is 87.3 Å². The molecule has 0 unspecified atom stereocenters. The lowest BCUT2D eigenvalue weighted by Gasteiger charge is -2.15. The molecule has 0 saturated heterocycles. The number of aromatic nitrogens is 2. The van der Waals surface area contributed by atoms with Gasteiger partial charge in [-0.05, 0) is 12.1 Å². The van der Waals surface area contributed by atoms with Crippen molar-refractivity contribution in [3.63, 3.8) is 0 Å². The molecule has 0 fully saturated rings. The minimum Gasteiger partial charge on any atom is -0.360 e. The molecule has 0 amide bonds. The first-order valence-corrected chi connectivity index (χ1v) is 11.7. The van der Waals surface area contributed by atoms with Crippen molar-refractivity contribution in [3.05, 3.63) is 34.0 Å². The van der Waals surface area contributed by atoms with Gasteiger partial charge in [0, 0.05) is 38.6 Å². The van der Waals surface area contributed by atoms with E-state index in [1.165, 1.54) is 16.8 Å². The third-order valence-electron chi connectivity index (χ3n) is 3.74. The largest absolute Gasteiger partial charge is 0.360 e. The molecule has 0 spiro atoms. The van der Waals surface area contributed by atoms with Crippen LogP contribution in [0.15, 0.2) is 18.2 Å². The van der Waals surface area contributed by atoms with E-state index >= 15 is 0 Å². The van der Waals surface area contributed by atoms with Crippen molar-refractivity contribution in [1.29, 1.82) is 0 Å². The molecule has 24 heavy (non-hydrogen) atoms. The fourth-order valence-corrected chi connectivity index (χ4v) is 3.03. The van der Waals surface area contributed by atoms with Crippen LogP contribution in [0.4, 0.5) is 5.69 Å². The van der Waals surface area contributed by atoms with E-state index in [2.05, 4.69) is 24.7 Å². The van der Waals surface area contributed by atoms with Crippen LogP contribution in [0.1, 0.15) is 23.8 Å². The van der Waals surface area contributed by atoms with E-state index in [1.807, 2.05) is 0 Å². The fraction of sp³-hybridized carbons (Fsp3) is 0.500. The number of hydrogen-bond donors (Lipinski definition) is 0. The normalized spacial score (nSPS) is 11.8. The summed E-state index contributed by atoms with van der Waals surface area (Å²) in [5.74, 6) is -0.0882. The number of nitro benzene ring substituents is 1. The molecule has 0 aliphatic rings. The molecule has 1 aromatic heterocycles. The van der Waals surface area contributed by atoms with Gasteiger partial charge in [-0.2, -0.15) is 5.10 Å². The highest BCUT2D eigenvalue weighted by Gasteiger charge is 2.19. The number of non-ortho nitro benzene ring substituents is 1. The van der Waals surface area contributed by atoms with Crippen LogP contribution in [0.5, 0.6) is 0 Å². The highest BCUT2D eigenvalue weighted by Crippen LogP contribution is 2.25. The number of nitrogens with zero attached hydrogens (tertiary/aromatic N) is 3. The van der Waals surface area contributed by atoms with E-state index in [-0.39, 0.29) is 18.2 Å². The first kappa shape index (κ1) is 18.3. The number of ketones is 1. The monoisotopic (exact) mass is 349 g/mol. The third kappa shape index (κ3) is 4.27. The van der Waals surface area contributed by atoms with Crippen LogP contribution in [-0.4, -0.2) is 35.2 Å². The van der Waals surface area contributed by atoms with E-state index in [0.29, 0.717) is 29.6 Å². The van der Waals surface area contributed by atoms with E-state index in [9.17, 15) is 14.9 Å². The van der Waals surface area contributed by atoms with Gasteiger partial charge >= 0.3 is 0 Å². The molecule has 1 aromatic carbocycles. The molecular formula is C16H23N3O4Si. The predicted octanol–water partition coefficient (Wildman–Crippen LogP) is 3.85. The first-order valence-electron chi connectivity index (χ1n) is 7.99. The van der Waals surface area contributed by atoms with Crippen LogP contribution < -0.4 is 0 Å². The highest BCUT2D eigenvalue weighted by molar-refractivity contribution is 6.76. The van der Waals surface area contributed by atoms with Gasteiger partial charge in [0.1, 0.15) is 12.4 Å². The molecule has 8 heteroatoms. The molecule has 0 bridgehead atoms. The second-order valence-electron chi connectivity index (χ2n) is 6.93. The summed E-state index contributed by atoms with van der Waals surface area (Å²) in [4.78, 5) is 22.6. The first-order chi connectivity index (χ1) is 11.2. The number of carbonyl (C=O) groups is 1. The molecule has 0 radical (unpaired) electrons. The van der Waals surface area contributed by atoms with E-state index in [4.69, 9.17) is 4.74 Å². The van der Waals surface area contributed by atoms with Crippen LogP contribution in [0.2, 0.25) is 25.7 Å². The Bertz CT molecular complexity index is 765. The Morgan fingerprint density at radius 1 is 1.38 bits per heavy atom. The summed E-state index contributed by atoms with van der Waals surface area (Å²) in [6.07, 6.45) is 0.333. The SMILES string of the molecule is CCC(=O)c1nn(COCC[Si](C)(C)C)c2cc([N+](=O)[O-])ccc12. The Balaban J connectivity index is 2.31. The van der Waals surface area contributed by atoms with Crippen molar-refractivity contribution < 1.29 is 14.5 Å². The van der Waals surface area contributed by atoms with Crippen LogP contribution in [0.3, 0.4) is 0 Å². The van der Waals surface area contributed by atoms with E-state index < -0.39 is 13.0 Å². The molecule has 7 nitrogen and oxygen atoms in total. The Hall–Kier alpha value is -2.06. The summed E-state index contributed by atoms with van der Waals surface area (Å²) in [6.45, 7) is 9.36. The summed E-state index contributed by atoms with van der Waals surface area (Å²) in [6, 6.07) is 5.44. The maximum Gasteiger partial charge on any atom is 0.271 e. The van der Waals surface area contributed by atoms with Gasteiger partial charge in [0.2, 0.25) is 0 Å². The van der Waals surface area contributed by atoms with Gasteiger partial charge in [0.25, 0.3) is 5.69 Å². The smallest absolute Gasteiger partial charge is 0.271 e. The number of Topliss-reactive ketones (excluding diaryl/α,β-unsaturated/α-hetero) is 1. The Labute approximate surface area is 141 Å². The number of benzene rings is 1. The Morgan fingerprint density at radius 3 is 2.67 bits per heavy atom. The van der Waals surface area contributed by atoms with E-state index in [1.54, 1.807) is 13.0 Å². The quantitative estimate of drug-likeness (QED) is 0.237. The predicted molar refractivity (Wildman–Crippen MR) is 95.1 cm³/mol. The second kappa shape index (κ2) is 7.23. The number of rotatable bonds is 8. The molecule has 0 atom stereocenters. The van der Waals surface area contributed by atoms with Gasteiger partial charge in [0.15, 0.2) is 5.78 Å². The van der Waals surface area contributed by atoms with E-state index in [0.717, 1.165) is 6.04 Å². The molecule has 130 valence electrons. The summed E-state index contributed by atoms with van der Waals surface area (Å²) < 4.78 is 7.22. The summed E-state index contributed by atoms with van der Waals surface area (Å²) in [7, 11) is -1.19. The number of ether oxygens (including phenoxy) is 1. The molecule has 0 saturated carbocycles. The molecule has 0 aliphatic heterocycles. The molecule has 0 aliphatic carbocycles. The van der Waals surface area contributed by atoms with Gasteiger partial charge in [-0.25, -0.2) is 4.68 Å². The third-order valence-corrected chi connectivity index (χ3v) is 5.45. The van der Waals surface area contributed by atoms with Crippen LogP contribution in [-0.2, 0) is 11.5 Å². The number of fused-ring (bicyclic) bond motifs is 1. The summed E-state index contributed by atoms with van der Waals surface area (Å²) >= 11 is 0. The lowest BCUT2D eigenvalue weighted by atomic mass is 10.1. The average Bonchev–Trinajstić information content (AvgIpc) is 2.88. The van der Waals surface area contributed by atoms with Crippen molar-refractivity contribution in [2.24, 2.45) is 0 Å². The zero-order valence-electron chi connectivity index (χ0n) is 14.5. The van der Waals surface area contributed by atoms with Crippen molar-refractivity contribution in [2.45, 2.75) is 45.8 Å². The second-order valence-corrected chi connectivity index (χ2v) is 12.6. The zero-order valence-corrected chi connectivity index (χ0v) is 15.5. The van der Waals surface area contributed by atoms with Gasteiger partial charge in [-0.15, -0.1) is 0 Å². The minimum atomic E-state index is -1.19. The standard InChI is InChI=1S/C16H23N3O4Si/c1-5-15(20)16-13-7-6-12(19(21)22)10-14(13)18(17-16)11-23-8-9-24(2,3)4/h6-7,10H,5,8-9,11H2,1-4H3. The Morgan fingerprint density at radius 2 is 2.08 bits per heavy atom. The summed E-state index contributed by atoms with van der Waals surface area (Å²) in [5, 5.41) is 16.0. The van der Waals surface area contributed by atoms with Crippen LogP contribution in [0.25, 0.3) is 10.9 Å². The van der Waals surface area contributed by atoms with Gasteiger partial charge in [-0.1, -0.05) is 26.6 Å². The lowest BCUT2D eigenvalue weighted by Crippen LogP contribution is -2.22. The van der Waals surface area contributed by atoms with Gasteiger partial charge in [0.05, 0.1) is 10.4 Å². The summed E-state index contributed by atoms with van der Waals surface area (Å²) in [5.41, 5.74) is 0.867. The maximum absolute atomic E-state index is 12.1. The number of nitro groups is 1. The highest BCUT2D eigenvalue weighted by atomic mass is 28.3. The fourth-order valence-electron chi connectivity index (χ4n) is 2.28. The molecule has 0 N–H and O–H groups in total. The Kier molecular flexibility index (Phi) is 5.50. The maximum atomic E-state index is 12.1. The van der Waals surface area contributed by atoms with Crippen LogP contribution >= 0.6 is 0 Å². The van der Waals surface area contributed by atoms with Crippen molar-refractivity contribution in [3.8, 4) is 0 Å². The molecule has 1 heterocycles.